The van der Waals surface area contributed by atoms with E-state index in [1.807, 2.05) is 0 Å². The van der Waals surface area contributed by atoms with Gasteiger partial charge in [-0.25, -0.2) is 9.78 Å². The van der Waals surface area contributed by atoms with Gasteiger partial charge < -0.3 is 14.6 Å². The van der Waals surface area contributed by atoms with Crippen molar-refractivity contribution >= 4 is 40.7 Å². The van der Waals surface area contributed by atoms with E-state index in [-0.39, 0.29) is 11.9 Å². The fraction of sp³-hybridized carbons (Fsp3) is 0.105. The Morgan fingerprint density at radius 1 is 1.19 bits per heavy atom. The lowest BCUT2D eigenvalue weighted by Crippen LogP contribution is -2.16. The van der Waals surface area contributed by atoms with Crippen LogP contribution in [0.5, 0.6) is 0 Å². The van der Waals surface area contributed by atoms with Crippen molar-refractivity contribution < 1.29 is 14.3 Å². The number of benzene rings is 2. The van der Waals surface area contributed by atoms with Crippen molar-refractivity contribution in [2.45, 2.75) is 6.92 Å². The molecule has 1 amide bonds. The first-order valence-electron chi connectivity index (χ1n) is 7.95. The number of carbonyl (C=O) groups is 2. The van der Waals surface area contributed by atoms with E-state index in [2.05, 4.69) is 10.3 Å². The fourth-order valence-corrected chi connectivity index (χ4v) is 2.50. The van der Waals surface area contributed by atoms with Gasteiger partial charge in [-0.15, -0.1) is 0 Å². The molecule has 0 aliphatic heterocycles. The van der Waals surface area contributed by atoms with E-state index >= 15 is 0 Å². The van der Waals surface area contributed by atoms with Crippen LogP contribution in [0.25, 0.3) is 17.2 Å². The number of fused-ring (bicyclic) bond motifs is 1. The Hall–Kier alpha value is -3.12. The third kappa shape index (κ3) is 3.92. The number of imidazole rings is 1. The van der Waals surface area contributed by atoms with E-state index in [4.69, 9.17) is 16.3 Å². The van der Waals surface area contributed by atoms with Crippen LogP contribution in [0, 0.1) is 0 Å². The average Bonchev–Trinajstić information content (AvgIpc) is 3.05. The third-order valence-electron chi connectivity index (χ3n) is 3.64. The maximum Gasteiger partial charge on any atom is 0.338 e. The highest BCUT2D eigenvalue weighted by molar-refractivity contribution is 6.30. The molecule has 7 heteroatoms. The van der Waals surface area contributed by atoms with Crippen LogP contribution in [-0.2, 0) is 4.74 Å². The summed E-state index contributed by atoms with van der Waals surface area (Å²) in [5, 5.41) is 3.26. The topological polar surface area (TPSA) is 73.2 Å². The SMILES string of the molecule is CCOC(=O)c1ccc2c(c1)ncn2/C=C\NC(=O)c1ccc(Cl)cc1. The molecule has 2 aromatic carbocycles. The van der Waals surface area contributed by atoms with E-state index in [0.29, 0.717) is 28.3 Å². The molecule has 3 aromatic rings. The molecule has 0 spiro atoms. The molecule has 1 heterocycles. The third-order valence-corrected chi connectivity index (χ3v) is 3.89. The van der Waals surface area contributed by atoms with Crippen molar-refractivity contribution in [3.8, 4) is 0 Å². The van der Waals surface area contributed by atoms with Gasteiger partial charge >= 0.3 is 5.97 Å². The zero-order valence-corrected chi connectivity index (χ0v) is 14.7. The number of halogens is 1. The van der Waals surface area contributed by atoms with Gasteiger partial charge in [0.15, 0.2) is 0 Å². The van der Waals surface area contributed by atoms with Gasteiger partial charge in [0, 0.05) is 23.0 Å². The molecule has 1 N–H and O–H groups in total. The summed E-state index contributed by atoms with van der Waals surface area (Å²) in [6.07, 6.45) is 4.80. The number of hydrogen-bond donors (Lipinski definition) is 1. The fourth-order valence-electron chi connectivity index (χ4n) is 2.37. The molecule has 0 saturated carbocycles. The normalized spacial score (nSPS) is 11.0. The van der Waals surface area contributed by atoms with Gasteiger partial charge in [0.05, 0.1) is 29.5 Å². The van der Waals surface area contributed by atoms with Gasteiger partial charge in [0.25, 0.3) is 5.91 Å². The molecule has 0 atom stereocenters. The van der Waals surface area contributed by atoms with Crippen molar-refractivity contribution in [3.05, 3.63) is 71.1 Å². The van der Waals surface area contributed by atoms with Crippen molar-refractivity contribution in [3.63, 3.8) is 0 Å². The molecule has 3 rings (SSSR count). The van der Waals surface area contributed by atoms with Crippen molar-refractivity contribution in [1.82, 2.24) is 14.9 Å². The van der Waals surface area contributed by atoms with E-state index in [1.165, 1.54) is 6.20 Å². The second-order valence-corrected chi connectivity index (χ2v) is 5.81. The number of nitrogens with zero attached hydrogens (tertiary/aromatic N) is 2. The first kappa shape index (κ1) is 17.7. The number of hydrogen-bond acceptors (Lipinski definition) is 4. The van der Waals surface area contributed by atoms with E-state index in [0.717, 1.165) is 5.52 Å². The molecular formula is C19H16ClN3O3. The Morgan fingerprint density at radius 2 is 1.92 bits per heavy atom. The van der Waals surface area contributed by atoms with Gasteiger partial charge in [-0.1, -0.05) is 11.6 Å². The summed E-state index contributed by atoms with van der Waals surface area (Å²) in [6, 6.07) is 11.7. The summed E-state index contributed by atoms with van der Waals surface area (Å²) in [6.45, 7) is 2.08. The molecule has 0 saturated heterocycles. The van der Waals surface area contributed by atoms with Crippen LogP contribution >= 0.6 is 11.6 Å². The predicted octanol–water partition coefficient (Wildman–Crippen LogP) is 3.72. The van der Waals surface area contributed by atoms with Crippen LogP contribution in [0.2, 0.25) is 5.02 Å². The summed E-state index contributed by atoms with van der Waals surface area (Å²) >= 11 is 5.81. The Labute approximate surface area is 155 Å². The average molecular weight is 370 g/mol. The highest BCUT2D eigenvalue weighted by atomic mass is 35.5. The van der Waals surface area contributed by atoms with Gasteiger partial charge in [-0.2, -0.15) is 0 Å². The van der Waals surface area contributed by atoms with Gasteiger partial charge in [-0.3, -0.25) is 4.79 Å². The van der Waals surface area contributed by atoms with Crippen LogP contribution in [0.4, 0.5) is 0 Å². The number of nitrogens with one attached hydrogen (secondary N) is 1. The maximum atomic E-state index is 12.0. The standard InChI is InChI=1S/C19H16ClN3O3/c1-2-26-19(25)14-5-8-17-16(11-14)22-12-23(17)10-9-21-18(24)13-3-6-15(20)7-4-13/h3-12H,2H2,1H3,(H,21,24)/b10-9-. The van der Waals surface area contributed by atoms with Crippen LogP contribution < -0.4 is 5.32 Å². The molecule has 6 nitrogen and oxygen atoms in total. The molecule has 0 fully saturated rings. The molecule has 0 aliphatic carbocycles. The van der Waals surface area contributed by atoms with Crippen molar-refractivity contribution in [2.24, 2.45) is 0 Å². The zero-order chi connectivity index (χ0) is 18.5. The molecule has 0 aliphatic rings. The highest BCUT2D eigenvalue weighted by Crippen LogP contribution is 2.16. The first-order chi connectivity index (χ1) is 12.6. The van der Waals surface area contributed by atoms with Gasteiger partial charge in [0.1, 0.15) is 0 Å². The number of amides is 1. The summed E-state index contributed by atoms with van der Waals surface area (Å²) in [5.74, 6) is -0.623. The van der Waals surface area contributed by atoms with Gasteiger partial charge in [-0.05, 0) is 49.4 Å². The zero-order valence-electron chi connectivity index (χ0n) is 14.0. The number of esters is 1. The van der Waals surface area contributed by atoms with E-state index in [9.17, 15) is 9.59 Å². The van der Waals surface area contributed by atoms with Crippen molar-refractivity contribution in [2.75, 3.05) is 6.61 Å². The van der Waals surface area contributed by atoms with Crippen LogP contribution in [0.15, 0.2) is 55.0 Å². The Morgan fingerprint density at radius 3 is 2.65 bits per heavy atom. The summed E-state index contributed by atoms with van der Waals surface area (Å²) in [7, 11) is 0. The Kier molecular flexibility index (Phi) is 5.34. The number of aromatic nitrogens is 2. The largest absolute Gasteiger partial charge is 0.462 e. The van der Waals surface area contributed by atoms with E-state index < -0.39 is 0 Å². The predicted molar refractivity (Wildman–Crippen MR) is 99.9 cm³/mol. The first-order valence-corrected chi connectivity index (χ1v) is 8.33. The van der Waals surface area contributed by atoms with Crippen LogP contribution in [0.1, 0.15) is 27.6 Å². The van der Waals surface area contributed by atoms with Gasteiger partial charge in [0.2, 0.25) is 0 Å². The molecule has 26 heavy (non-hydrogen) atoms. The van der Waals surface area contributed by atoms with E-state index in [1.54, 1.807) is 66.5 Å². The molecule has 132 valence electrons. The lowest BCUT2D eigenvalue weighted by molar-refractivity contribution is 0.0526. The summed E-state index contributed by atoms with van der Waals surface area (Å²) in [5.41, 5.74) is 2.41. The van der Waals surface area contributed by atoms with Crippen LogP contribution in [-0.4, -0.2) is 28.0 Å². The number of rotatable bonds is 5. The molecule has 0 bridgehead atoms. The molecule has 0 radical (unpaired) electrons. The minimum absolute atomic E-state index is 0.244. The summed E-state index contributed by atoms with van der Waals surface area (Å²) in [4.78, 5) is 28.1. The molecule has 1 aromatic heterocycles. The number of ether oxygens (including phenoxy) is 1. The lowest BCUT2D eigenvalue weighted by Gasteiger charge is -2.02. The Bertz CT molecular complexity index is 977. The summed E-state index contributed by atoms with van der Waals surface area (Å²) < 4.78 is 6.72. The minimum Gasteiger partial charge on any atom is -0.462 e. The van der Waals surface area contributed by atoms with Crippen molar-refractivity contribution in [1.29, 1.82) is 0 Å². The Balaban J connectivity index is 1.72. The highest BCUT2D eigenvalue weighted by Gasteiger charge is 2.09. The smallest absolute Gasteiger partial charge is 0.338 e. The lowest BCUT2D eigenvalue weighted by atomic mass is 10.2. The molecular weight excluding hydrogens is 354 g/mol. The quantitative estimate of drug-likeness (QED) is 0.695. The second-order valence-electron chi connectivity index (χ2n) is 5.37. The van der Waals surface area contributed by atoms with Crippen LogP contribution in [0.3, 0.4) is 0 Å². The minimum atomic E-state index is -0.380. The second kappa shape index (κ2) is 7.84. The number of carbonyl (C=O) groups excluding carboxylic acids is 2. The molecule has 0 unspecified atom stereocenters. The maximum absolute atomic E-state index is 12.0. The monoisotopic (exact) mass is 369 g/mol.